The van der Waals surface area contributed by atoms with Crippen molar-refractivity contribution in [1.82, 2.24) is 19.5 Å². The van der Waals surface area contributed by atoms with E-state index in [0.717, 1.165) is 22.3 Å². The maximum atomic E-state index is 12.2. The third-order valence-electron chi connectivity index (χ3n) is 5.69. The Morgan fingerprint density at radius 1 is 1.06 bits per heavy atom. The van der Waals surface area contributed by atoms with Crippen molar-refractivity contribution in [2.75, 3.05) is 0 Å². The molecule has 4 aromatic heterocycles. The molecular formula is C25H23N5O3. The minimum Gasteiger partial charge on any atom is -0.477 e. The molecular weight excluding hydrogens is 418 g/mol. The van der Waals surface area contributed by atoms with Gasteiger partial charge in [0.2, 0.25) is 0 Å². The molecule has 0 fully saturated rings. The average Bonchev–Trinajstić information content (AvgIpc) is 3.17. The van der Waals surface area contributed by atoms with E-state index in [4.69, 9.17) is 10.5 Å². The number of aromatic nitrogens is 4. The summed E-state index contributed by atoms with van der Waals surface area (Å²) >= 11 is 0. The molecule has 0 aromatic carbocycles. The van der Waals surface area contributed by atoms with Gasteiger partial charge in [-0.1, -0.05) is 12.1 Å². The Hall–Kier alpha value is -4.20. The van der Waals surface area contributed by atoms with Crippen LogP contribution in [0, 0.1) is 5.41 Å². The van der Waals surface area contributed by atoms with Crippen molar-refractivity contribution in [2.24, 2.45) is 0 Å². The normalized spacial score (nSPS) is 12.9. The third kappa shape index (κ3) is 4.15. The molecule has 8 heteroatoms. The minimum absolute atomic E-state index is 0.0367. The van der Waals surface area contributed by atoms with Gasteiger partial charge in [0.25, 0.3) is 0 Å². The van der Waals surface area contributed by atoms with Gasteiger partial charge in [-0.05, 0) is 50.6 Å². The topological polar surface area (TPSA) is 122 Å². The highest BCUT2D eigenvalue weighted by molar-refractivity contribution is 6.07. The van der Waals surface area contributed by atoms with Crippen LogP contribution in [0.25, 0.3) is 22.2 Å². The predicted octanol–water partition coefficient (Wildman–Crippen LogP) is 4.51. The van der Waals surface area contributed by atoms with Crippen molar-refractivity contribution < 1.29 is 14.7 Å². The van der Waals surface area contributed by atoms with Crippen LogP contribution >= 0.6 is 0 Å². The van der Waals surface area contributed by atoms with E-state index in [9.17, 15) is 9.59 Å². The molecule has 0 bridgehead atoms. The van der Waals surface area contributed by atoms with Crippen LogP contribution in [0.15, 0.2) is 61.2 Å². The second-order valence-corrected chi connectivity index (χ2v) is 7.98. The number of carboxylic acids is 1. The number of nitrogens with one attached hydrogen (secondary N) is 1. The van der Waals surface area contributed by atoms with Gasteiger partial charge >= 0.3 is 5.97 Å². The van der Waals surface area contributed by atoms with Gasteiger partial charge in [-0.25, -0.2) is 9.78 Å². The van der Waals surface area contributed by atoms with E-state index in [2.05, 4.69) is 15.0 Å². The molecule has 4 aromatic rings. The Kier molecular flexibility index (Phi) is 5.83. The number of fused-ring (bicyclic) bond motifs is 1. The highest BCUT2D eigenvalue weighted by Crippen LogP contribution is 2.34. The SMILES string of the molecule is CC(=N)C(C(C)=O)c1cnc2c(-c3ccc(C(=O)O)nc3)cn([C@@H](C)c3ccccn3)c2c1. The van der Waals surface area contributed by atoms with Crippen molar-refractivity contribution in [2.45, 2.75) is 32.7 Å². The van der Waals surface area contributed by atoms with Crippen LogP contribution in [-0.4, -0.2) is 42.1 Å². The molecule has 4 heterocycles. The Labute approximate surface area is 190 Å². The Morgan fingerprint density at radius 3 is 2.42 bits per heavy atom. The Bertz CT molecular complexity index is 1350. The van der Waals surface area contributed by atoms with Crippen LogP contribution in [0.3, 0.4) is 0 Å². The first-order valence-electron chi connectivity index (χ1n) is 10.4. The summed E-state index contributed by atoms with van der Waals surface area (Å²) < 4.78 is 2.03. The van der Waals surface area contributed by atoms with Crippen molar-refractivity contribution in [3.8, 4) is 11.1 Å². The highest BCUT2D eigenvalue weighted by Gasteiger charge is 2.23. The molecule has 2 N–H and O–H groups in total. The van der Waals surface area contributed by atoms with E-state index in [0.29, 0.717) is 11.1 Å². The van der Waals surface area contributed by atoms with Crippen molar-refractivity contribution in [3.63, 3.8) is 0 Å². The molecule has 1 unspecified atom stereocenters. The first kappa shape index (κ1) is 22.0. The van der Waals surface area contributed by atoms with Crippen molar-refractivity contribution in [1.29, 1.82) is 5.41 Å². The lowest BCUT2D eigenvalue weighted by Gasteiger charge is -2.16. The van der Waals surface area contributed by atoms with Crippen LogP contribution in [0.5, 0.6) is 0 Å². The molecule has 0 aliphatic rings. The summed E-state index contributed by atoms with van der Waals surface area (Å²) in [5, 5.41) is 17.2. The van der Waals surface area contributed by atoms with E-state index < -0.39 is 11.9 Å². The second kappa shape index (κ2) is 8.74. The molecule has 8 nitrogen and oxygen atoms in total. The third-order valence-corrected chi connectivity index (χ3v) is 5.69. The molecule has 0 radical (unpaired) electrons. The van der Waals surface area contributed by atoms with E-state index in [1.807, 2.05) is 42.0 Å². The van der Waals surface area contributed by atoms with E-state index >= 15 is 0 Å². The smallest absolute Gasteiger partial charge is 0.354 e. The molecule has 0 saturated carbocycles. The first-order chi connectivity index (χ1) is 15.8. The zero-order valence-electron chi connectivity index (χ0n) is 18.5. The second-order valence-electron chi connectivity index (χ2n) is 7.98. The molecule has 0 spiro atoms. The maximum Gasteiger partial charge on any atom is 0.354 e. The van der Waals surface area contributed by atoms with Crippen molar-refractivity contribution >= 4 is 28.5 Å². The van der Waals surface area contributed by atoms with Gasteiger partial charge in [-0.15, -0.1) is 0 Å². The van der Waals surface area contributed by atoms with Gasteiger partial charge in [0.1, 0.15) is 11.5 Å². The summed E-state index contributed by atoms with van der Waals surface area (Å²) in [5.74, 6) is -1.86. The lowest BCUT2D eigenvalue weighted by atomic mass is 9.92. The number of rotatable bonds is 7. The summed E-state index contributed by atoms with van der Waals surface area (Å²) in [4.78, 5) is 36.6. The van der Waals surface area contributed by atoms with E-state index in [-0.39, 0.29) is 23.2 Å². The van der Waals surface area contributed by atoms with Gasteiger partial charge in [0.05, 0.1) is 28.7 Å². The van der Waals surface area contributed by atoms with Crippen LogP contribution in [0.4, 0.5) is 0 Å². The van der Waals surface area contributed by atoms with Gasteiger partial charge in [-0.2, -0.15) is 0 Å². The summed E-state index contributed by atoms with van der Waals surface area (Å²) in [7, 11) is 0. The van der Waals surface area contributed by atoms with Gasteiger partial charge in [0.15, 0.2) is 0 Å². The van der Waals surface area contributed by atoms with Crippen LogP contribution in [0.1, 0.15) is 54.5 Å². The summed E-state index contributed by atoms with van der Waals surface area (Å²) in [6.45, 7) is 5.12. The lowest BCUT2D eigenvalue weighted by Crippen LogP contribution is -2.17. The largest absolute Gasteiger partial charge is 0.477 e. The zero-order valence-corrected chi connectivity index (χ0v) is 18.5. The first-order valence-corrected chi connectivity index (χ1v) is 10.4. The molecule has 4 rings (SSSR count). The maximum absolute atomic E-state index is 12.2. The van der Waals surface area contributed by atoms with Crippen molar-refractivity contribution in [3.05, 3.63) is 78.1 Å². The fraction of sp³-hybridized carbons (Fsp3) is 0.200. The summed E-state index contributed by atoms with van der Waals surface area (Å²) in [6, 6.07) is 10.6. The number of carbonyl (C=O) groups is 2. The lowest BCUT2D eigenvalue weighted by molar-refractivity contribution is -0.117. The number of nitrogens with zero attached hydrogens (tertiary/aromatic N) is 4. The molecule has 33 heavy (non-hydrogen) atoms. The molecule has 2 atom stereocenters. The summed E-state index contributed by atoms with van der Waals surface area (Å²) in [5.41, 5.74) is 4.72. The predicted molar refractivity (Wildman–Crippen MR) is 125 cm³/mol. The van der Waals surface area contributed by atoms with Gasteiger partial charge in [-0.3, -0.25) is 14.8 Å². The molecule has 0 aliphatic heterocycles. The number of hydrogen-bond acceptors (Lipinski definition) is 6. The fourth-order valence-corrected chi connectivity index (χ4v) is 4.07. The highest BCUT2D eigenvalue weighted by atomic mass is 16.4. The monoisotopic (exact) mass is 441 g/mol. The quantitative estimate of drug-likeness (QED) is 0.407. The molecule has 0 amide bonds. The van der Waals surface area contributed by atoms with Crippen LogP contribution in [0.2, 0.25) is 0 Å². The van der Waals surface area contributed by atoms with E-state index in [1.54, 1.807) is 25.4 Å². The number of ketones is 1. The molecule has 0 saturated heterocycles. The number of hydrogen-bond donors (Lipinski definition) is 2. The van der Waals surface area contributed by atoms with Crippen LogP contribution < -0.4 is 0 Å². The number of carboxylic acid groups (broad SMARTS) is 1. The Morgan fingerprint density at radius 2 is 1.85 bits per heavy atom. The average molecular weight is 441 g/mol. The van der Waals surface area contributed by atoms with Gasteiger partial charge in [0, 0.05) is 41.6 Å². The van der Waals surface area contributed by atoms with Gasteiger partial charge < -0.3 is 15.1 Å². The number of carbonyl (C=O) groups excluding carboxylic acids is 1. The zero-order chi connectivity index (χ0) is 23.7. The molecule has 0 aliphatic carbocycles. The number of aromatic carboxylic acids is 1. The Balaban J connectivity index is 1.93. The summed E-state index contributed by atoms with van der Waals surface area (Å²) in [6.07, 6.45) is 6.83. The fourth-order valence-electron chi connectivity index (χ4n) is 4.07. The number of pyridine rings is 3. The van der Waals surface area contributed by atoms with Crippen LogP contribution in [-0.2, 0) is 4.79 Å². The standard InChI is InChI=1S/C25H23N5O3/c1-14(26)23(16(3)31)18-10-22-24(29-12-18)19(17-7-8-21(25(32)33)28-11-17)13-30(22)15(2)20-6-4-5-9-27-20/h4-13,15,23,26H,1-3H3,(H,32,33)/t15-,23?/m0/s1. The minimum atomic E-state index is -1.09. The molecule has 166 valence electrons. The van der Waals surface area contributed by atoms with E-state index in [1.165, 1.54) is 19.2 Å². The number of Topliss-reactive ketones (excluding diaryl/α,β-unsaturated/α-hetero) is 1.